The minimum absolute atomic E-state index is 0.0588. The first-order valence-electron chi connectivity index (χ1n) is 13.7. The highest BCUT2D eigenvalue weighted by atomic mass is 16.5. The first kappa shape index (κ1) is 28.0. The number of carbonyl (C=O) groups excluding carboxylic acids is 1. The second kappa shape index (κ2) is 12.3. The number of ether oxygens (including phenoxy) is 3. The normalized spacial score (nSPS) is 13.8. The summed E-state index contributed by atoms with van der Waals surface area (Å²) < 4.78 is 22.4. The maximum atomic E-state index is 13.5. The average molecular weight is 559 g/mol. The number of phenolic OH excluding ortho intramolecular Hbond substituents is 1. The van der Waals surface area contributed by atoms with E-state index in [9.17, 15) is 14.7 Å². The second-order valence-electron chi connectivity index (χ2n) is 9.98. The summed E-state index contributed by atoms with van der Waals surface area (Å²) in [5.41, 5.74) is 2.13. The van der Waals surface area contributed by atoms with E-state index in [0.717, 1.165) is 44.0 Å². The number of methoxy groups -OCH3 is 1. The summed E-state index contributed by atoms with van der Waals surface area (Å²) in [5, 5.41) is 11.1. The van der Waals surface area contributed by atoms with Crippen LogP contribution in [0.25, 0.3) is 11.0 Å². The second-order valence-corrected chi connectivity index (χ2v) is 9.98. The molecule has 0 aliphatic carbocycles. The summed E-state index contributed by atoms with van der Waals surface area (Å²) in [6, 6.07) is 17.5. The number of nitrogens with zero attached hydrogens (tertiary/aromatic N) is 2. The minimum Gasteiger partial charge on any atom is -0.507 e. The number of esters is 1. The molecule has 2 heterocycles. The summed E-state index contributed by atoms with van der Waals surface area (Å²) in [5.74, 6) is 1.24. The maximum Gasteiger partial charge on any atom is 0.338 e. The zero-order valence-corrected chi connectivity index (χ0v) is 23.5. The quantitative estimate of drug-likeness (QED) is 0.267. The van der Waals surface area contributed by atoms with Crippen molar-refractivity contribution in [3.63, 3.8) is 0 Å². The lowest BCUT2D eigenvalue weighted by molar-refractivity contribution is 0.0505. The van der Waals surface area contributed by atoms with Crippen LogP contribution in [0.1, 0.15) is 35.0 Å². The Hall–Kier alpha value is -4.50. The van der Waals surface area contributed by atoms with Crippen molar-refractivity contribution in [2.24, 2.45) is 0 Å². The predicted octanol–water partition coefficient (Wildman–Crippen LogP) is 5.50. The summed E-state index contributed by atoms with van der Waals surface area (Å²) in [6.07, 6.45) is 0.741. The van der Waals surface area contributed by atoms with Crippen molar-refractivity contribution in [1.29, 1.82) is 0 Å². The molecule has 41 heavy (non-hydrogen) atoms. The van der Waals surface area contributed by atoms with E-state index in [1.807, 2.05) is 19.1 Å². The van der Waals surface area contributed by atoms with Gasteiger partial charge in [-0.1, -0.05) is 6.92 Å². The standard InChI is InChI=1S/C32H34N2O7/c1-4-19-39-32(37)22-5-9-25(10-6-22)41-30-21(2)40-31-26(29(30)36)13-14-28(35)27(31)20-33-15-17-34(18-16-33)23-7-11-24(38-3)12-8-23/h5-14,35H,4,15-20H2,1-3H3. The minimum atomic E-state index is -0.408. The first-order chi connectivity index (χ1) is 19.9. The summed E-state index contributed by atoms with van der Waals surface area (Å²) in [7, 11) is 1.65. The molecule has 4 aromatic rings. The molecule has 0 unspecified atom stereocenters. The summed E-state index contributed by atoms with van der Waals surface area (Å²) in [6.45, 7) is 7.61. The van der Waals surface area contributed by atoms with Crippen LogP contribution < -0.4 is 19.8 Å². The number of aryl methyl sites for hydroxylation is 1. The van der Waals surface area contributed by atoms with Gasteiger partial charge in [0.2, 0.25) is 11.2 Å². The van der Waals surface area contributed by atoms with E-state index < -0.39 is 5.97 Å². The lowest BCUT2D eigenvalue weighted by Gasteiger charge is -2.36. The maximum absolute atomic E-state index is 13.5. The van der Waals surface area contributed by atoms with Crippen LogP contribution in [0.5, 0.6) is 23.0 Å². The van der Waals surface area contributed by atoms with Gasteiger partial charge in [0.15, 0.2) is 0 Å². The zero-order valence-electron chi connectivity index (χ0n) is 23.5. The lowest BCUT2D eigenvalue weighted by atomic mass is 10.1. The van der Waals surface area contributed by atoms with Crippen LogP contribution in [-0.2, 0) is 11.3 Å². The average Bonchev–Trinajstić information content (AvgIpc) is 3.00. The van der Waals surface area contributed by atoms with Gasteiger partial charge in [-0.2, -0.15) is 0 Å². The molecule has 0 radical (unpaired) electrons. The third kappa shape index (κ3) is 6.15. The van der Waals surface area contributed by atoms with E-state index in [2.05, 4.69) is 21.9 Å². The Morgan fingerprint density at radius 2 is 1.63 bits per heavy atom. The van der Waals surface area contributed by atoms with Crippen molar-refractivity contribution in [2.75, 3.05) is 44.8 Å². The number of rotatable bonds is 9. The molecule has 1 fully saturated rings. The van der Waals surface area contributed by atoms with Crippen molar-refractivity contribution >= 4 is 22.6 Å². The molecule has 1 aliphatic heterocycles. The molecule has 0 saturated carbocycles. The topological polar surface area (TPSA) is 102 Å². The number of fused-ring (bicyclic) bond motifs is 1. The fraction of sp³-hybridized carbons (Fsp3) is 0.312. The van der Waals surface area contributed by atoms with Crippen LogP contribution in [0.15, 0.2) is 69.9 Å². The molecule has 3 aromatic carbocycles. The Morgan fingerprint density at radius 1 is 0.951 bits per heavy atom. The van der Waals surface area contributed by atoms with Gasteiger partial charge < -0.3 is 28.6 Å². The number of hydrogen-bond acceptors (Lipinski definition) is 9. The van der Waals surface area contributed by atoms with Crippen molar-refractivity contribution in [1.82, 2.24) is 4.90 Å². The highest BCUT2D eigenvalue weighted by Gasteiger charge is 2.23. The number of anilines is 1. The van der Waals surface area contributed by atoms with Crippen molar-refractivity contribution < 1.29 is 28.5 Å². The smallest absolute Gasteiger partial charge is 0.338 e. The first-order valence-corrected chi connectivity index (χ1v) is 13.7. The molecule has 0 spiro atoms. The van der Waals surface area contributed by atoms with Crippen molar-refractivity contribution in [3.05, 3.63) is 87.8 Å². The molecule has 0 bridgehead atoms. The Kier molecular flexibility index (Phi) is 8.45. The third-order valence-corrected chi connectivity index (χ3v) is 7.20. The SMILES string of the molecule is CCCOC(=O)c1ccc(Oc2c(C)oc3c(CN4CCN(c5ccc(OC)cc5)CC4)c(O)ccc3c2=O)cc1. The molecule has 1 aliphatic rings. The van der Waals surface area contributed by atoms with Gasteiger partial charge in [0, 0.05) is 38.4 Å². The Labute approximate surface area is 238 Å². The molecule has 9 heteroatoms. The van der Waals surface area contributed by atoms with Gasteiger partial charge >= 0.3 is 5.97 Å². The summed E-state index contributed by atoms with van der Waals surface area (Å²) >= 11 is 0. The molecule has 0 amide bonds. The van der Waals surface area contributed by atoms with Gasteiger partial charge in [-0.15, -0.1) is 0 Å². The molecular formula is C32H34N2O7. The Morgan fingerprint density at radius 3 is 2.29 bits per heavy atom. The molecule has 1 aromatic heterocycles. The van der Waals surface area contributed by atoms with E-state index in [4.69, 9.17) is 18.6 Å². The van der Waals surface area contributed by atoms with Crippen LogP contribution in [0.3, 0.4) is 0 Å². The fourth-order valence-corrected chi connectivity index (χ4v) is 4.90. The molecule has 9 nitrogen and oxygen atoms in total. The van der Waals surface area contributed by atoms with Crippen molar-refractivity contribution in [3.8, 4) is 23.0 Å². The Balaban J connectivity index is 1.32. The van der Waals surface area contributed by atoms with E-state index in [1.165, 1.54) is 6.07 Å². The van der Waals surface area contributed by atoms with Crippen LogP contribution in [0, 0.1) is 6.92 Å². The van der Waals surface area contributed by atoms with E-state index >= 15 is 0 Å². The highest BCUT2D eigenvalue weighted by Crippen LogP contribution is 2.32. The number of carbonyl (C=O) groups is 1. The van der Waals surface area contributed by atoms with E-state index in [-0.39, 0.29) is 16.9 Å². The predicted molar refractivity (Wildman–Crippen MR) is 156 cm³/mol. The molecule has 1 N–H and O–H groups in total. The van der Waals surface area contributed by atoms with E-state index in [1.54, 1.807) is 44.4 Å². The number of phenols is 1. The zero-order chi connectivity index (χ0) is 28.9. The number of hydrogen-bond donors (Lipinski definition) is 1. The van der Waals surface area contributed by atoms with Gasteiger partial charge in [-0.25, -0.2) is 4.79 Å². The van der Waals surface area contributed by atoms with Gasteiger partial charge in [0.1, 0.15) is 28.6 Å². The number of piperazine rings is 1. The van der Waals surface area contributed by atoms with Gasteiger partial charge in [0.05, 0.1) is 30.2 Å². The molecule has 1 saturated heterocycles. The van der Waals surface area contributed by atoms with Crippen molar-refractivity contribution in [2.45, 2.75) is 26.8 Å². The van der Waals surface area contributed by atoms with Crippen LogP contribution in [0.2, 0.25) is 0 Å². The molecule has 214 valence electrons. The molecule has 0 atom stereocenters. The fourth-order valence-electron chi connectivity index (χ4n) is 4.90. The van der Waals surface area contributed by atoms with Gasteiger partial charge in [0.25, 0.3) is 0 Å². The summed E-state index contributed by atoms with van der Waals surface area (Å²) in [4.78, 5) is 30.1. The number of benzene rings is 3. The third-order valence-electron chi connectivity index (χ3n) is 7.20. The highest BCUT2D eigenvalue weighted by molar-refractivity contribution is 5.89. The van der Waals surface area contributed by atoms with E-state index in [0.29, 0.717) is 46.8 Å². The van der Waals surface area contributed by atoms with Crippen LogP contribution in [0.4, 0.5) is 5.69 Å². The van der Waals surface area contributed by atoms with Crippen LogP contribution in [-0.4, -0.2) is 55.9 Å². The largest absolute Gasteiger partial charge is 0.507 e. The lowest BCUT2D eigenvalue weighted by Crippen LogP contribution is -2.46. The monoisotopic (exact) mass is 558 g/mol. The molecule has 5 rings (SSSR count). The van der Waals surface area contributed by atoms with Crippen LogP contribution >= 0.6 is 0 Å². The van der Waals surface area contributed by atoms with Gasteiger partial charge in [-0.05, 0) is 74.0 Å². The van der Waals surface area contributed by atoms with Gasteiger partial charge in [-0.3, -0.25) is 9.69 Å². The number of aromatic hydroxyl groups is 1. The molecular weight excluding hydrogens is 524 g/mol. The Bertz CT molecular complexity index is 1570.